The Morgan fingerprint density at radius 3 is 1.73 bits per heavy atom. The zero-order valence-electron chi connectivity index (χ0n) is 30.1. The van der Waals surface area contributed by atoms with E-state index >= 15 is 0 Å². The summed E-state index contributed by atoms with van der Waals surface area (Å²) in [5.41, 5.74) is 1.60. The number of benzene rings is 3. The van der Waals surface area contributed by atoms with E-state index in [4.69, 9.17) is 23.7 Å². The number of methoxy groups -OCH3 is 2. The molecule has 14 heteroatoms. The molecule has 4 rings (SSSR count). The van der Waals surface area contributed by atoms with Crippen LogP contribution in [0.1, 0.15) is 76.9 Å². The van der Waals surface area contributed by atoms with Crippen molar-refractivity contribution >= 4 is 45.6 Å². The molecule has 3 aromatic carbocycles. The first-order valence-corrected chi connectivity index (χ1v) is 16.5. The first-order chi connectivity index (χ1) is 24.3. The third-order valence-corrected chi connectivity index (χ3v) is 9.99. The van der Waals surface area contributed by atoms with Crippen LogP contribution in [-0.2, 0) is 14.3 Å². The Balaban J connectivity index is 1.67. The summed E-state index contributed by atoms with van der Waals surface area (Å²) < 4.78 is 27.4. The summed E-state index contributed by atoms with van der Waals surface area (Å²) in [5, 5.41) is 32.0. The van der Waals surface area contributed by atoms with Crippen molar-refractivity contribution in [3.05, 3.63) is 89.7 Å². The number of carboxylic acids is 1. The quantitative estimate of drug-likeness (QED) is 0.153. The van der Waals surface area contributed by atoms with Crippen molar-refractivity contribution in [3.63, 3.8) is 0 Å². The average Bonchev–Trinajstić information content (AvgIpc) is 3.08. The van der Waals surface area contributed by atoms with E-state index in [0.717, 1.165) is 0 Å². The number of halogens is 1. The molecule has 0 bridgehead atoms. The second-order valence-corrected chi connectivity index (χ2v) is 13.0. The van der Waals surface area contributed by atoms with Gasteiger partial charge in [-0.3, -0.25) is 9.59 Å². The Bertz CT molecular complexity index is 2100. The number of carbonyl (C=O) groups excluding carboxylic acids is 4. The van der Waals surface area contributed by atoms with Gasteiger partial charge in [0.2, 0.25) is 0 Å². The number of aromatic hydroxyl groups is 2. The van der Waals surface area contributed by atoms with Crippen LogP contribution in [0.15, 0.2) is 34.0 Å². The highest BCUT2D eigenvalue weighted by Gasteiger charge is 2.35. The summed E-state index contributed by atoms with van der Waals surface area (Å²) in [7, 11) is 2.61. The second kappa shape index (κ2) is 14.9. The highest BCUT2D eigenvalue weighted by atomic mass is 79.9. The average molecular weight is 782 g/mol. The maximum absolute atomic E-state index is 13.7. The van der Waals surface area contributed by atoms with E-state index in [2.05, 4.69) is 15.9 Å². The number of phenolic OH excluding ortho intramolecular Hbond substituents is 2. The van der Waals surface area contributed by atoms with Gasteiger partial charge < -0.3 is 39.0 Å². The van der Waals surface area contributed by atoms with E-state index in [1.807, 2.05) is 0 Å². The minimum atomic E-state index is -1.22. The lowest BCUT2D eigenvalue weighted by Crippen LogP contribution is -2.28. The standard InChI is InChI=1S/C38H37BrO13/c1-14-11-22(40)12-24(48-9)26(14)36(45)52-34-20(7)18(5)29(32(42)30(34)39)38(47)51-33-19(6)17(4)28(31(41)21(33)8)37(46)50-23-13-25(49-10)27(35(43)44)16(3)15(23)2/h11-13,26,41-42H,1-10H3,(H,43,44). The first-order valence-electron chi connectivity index (χ1n) is 15.7. The summed E-state index contributed by atoms with van der Waals surface area (Å²) in [5.74, 6) is -6.50. The molecule has 0 radical (unpaired) electrons. The second-order valence-electron chi connectivity index (χ2n) is 12.2. The SMILES string of the molecule is COC1=CC(=O)C=C(C)C1C(=O)Oc1c(C)c(C)c(C(=O)Oc2c(C)c(C)c(C(=O)Oc3cc(OC)c(C(=O)O)c(C)c3C)c(O)c2C)c(O)c1Br. The maximum Gasteiger partial charge on any atom is 0.347 e. The predicted octanol–water partition coefficient (Wildman–Crippen LogP) is 6.75. The van der Waals surface area contributed by atoms with Gasteiger partial charge in [-0.1, -0.05) is 0 Å². The van der Waals surface area contributed by atoms with Crippen LogP contribution in [0.25, 0.3) is 0 Å². The van der Waals surface area contributed by atoms with Crippen LogP contribution in [0, 0.1) is 54.4 Å². The van der Waals surface area contributed by atoms with Crippen molar-refractivity contribution in [2.45, 2.75) is 55.4 Å². The van der Waals surface area contributed by atoms with Crippen molar-refractivity contribution in [1.29, 1.82) is 0 Å². The van der Waals surface area contributed by atoms with Crippen LogP contribution in [0.5, 0.6) is 34.5 Å². The topological polar surface area (TPSA) is 192 Å². The smallest absolute Gasteiger partial charge is 0.347 e. The summed E-state index contributed by atoms with van der Waals surface area (Å²) in [6, 6.07) is 1.28. The molecule has 3 N–H and O–H groups in total. The van der Waals surface area contributed by atoms with Gasteiger partial charge in [-0.25, -0.2) is 14.4 Å². The lowest BCUT2D eigenvalue weighted by atomic mass is 9.92. The molecule has 0 heterocycles. The molecule has 0 amide bonds. The lowest BCUT2D eigenvalue weighted by Gasteiger charge is -2.23. The minimum Gasteiger partial charge on any atom is -0.507 e. The molecular weight excluding hydrogens is 744 g/mol. The number of ketones is 1. The molecule has 52 heavy (non-hydrogen) atoms. The van der Waals surface area contributed by atoms with Gasteiger partial charge in [-0.05, 0) is 116 Å². The molecular formula is C38H37BrO13. The van der Waals surface area contributed by atoms with Gasteiger partial charge in [0, 0.05) is 17.7 Å². The van der Waals surface area contributed by atoms with Gasteiger partial charge in [0.1, 0.15) is 61.6 Å². The predicted molar refractivity (Wildman–Crippen MR) is 190 cm³/mol. The van der Waals surface area contributed by atoms with E-state index in [0.29, 0.717) is 27.8 Å². The third kappa shape index (κ3) is 6.85. The summed E-state index contributed by atoms with van der Waals surface area (Å²) in [4.78, 5) is 64.2. The Hall–Kier alpha value is -5.63. The Kier molecular flexibility index (Phi) is 11.2. The fraction of sp³-hybridized carbons (Fsp3) is 0.289. The van der Waals surface area contributed by atoms with Crippen molar-refractivity contribution in [2.24, 2.45) is 5.92 Å². The number of hydrogen-bond donors (Lipinski definition) is 3. The van der Waals surface area contributed by atoms with Gasteiger partial charge in [0.25, 0.3) is 0 Å². The highest BCUT2D eigenvalue weighted by Crippen LogP contribution is 2.45. The normalized spacial score (nSPS) is 13.9. The zero-order chi connectivity index (χ0) is 39.1. The van der Waals surface area contributed by atoms with Crippen molar-refractivity contribution in [2.75, 3.05) is 14.2 Å². The molecule has 1 atom stereocenters. The van der Waals surface area contributed by atoms with E-state index < -0.39 is 41.3 Å². The number of carboxylic acid groups (broad SMARTS) is 1. The van der Waals surface area contributed by atoms with Crippen molar-refractivity contribution in [3.8, 4) is 34.5 Å². The fourth-order valence-corrected chi connectivity index (χ4v) is 6.50. The molecule has 0 spiro atoms. The van der Waals surface area contributed by atoms with E-state index in [-0.39, 0.29) is 72.4 Å². The Labute approximate surface area is 307 Å². The highest BCUT2D eigenvalue weighted by molar-refractivity contribution is 9.10. The molecule has 3 aromatic rings. The number of aromatic carboxylic acids is 1. The van der Waals surface area contributed by atoms with Gasteiger partial charge in [-0.15, -0.1) is 0 Å². The van der Waals surface area contributed by atoms with Gasteiger partial charge in [0.15, 0.2) is 11.5 Å². The van der Waals surface area contributed by atoms with Crippen LogP contribution >= 0.6 is 15.9 Å². The number of rotatable bonds is 9. The van der Waals surface area contributed by atoms with Crippen LogP contribution < -0.4 is 18.9 Å². The molecule has 0 aromatic heterocycles. The fourth-order valence-electron chi connectivity index (χ4n) is 5.92. The van der Waals surface area contributed by atoms with Crippen LogP contribution in [0.4, 0.5) is 0 Å². The first kappa shape index (κ1) is 39.2. The van der Waals surface area contributed by atoms with E-state index in [9.17, 15) is 39.3 Å². The summed E-state index contributed by atoms with van der Waals surface area (Å²) in [6.45, 7) is 12.3. The molecule has 13 nitrogen and oxygen atoms in total. The molecule has 0 saturated carbocycles. The Morgan fingerprint density at radius 1 is 0.635 bits per heavy atom. The molecule has 0 saturated heterocycles. The molecule has 0 fully saturated rings. The molecule has 0 aliphatic heterocycles. The molecule has 1 aliphatic carbocycles. The van der Waals surface area contributed by atoms with Gasteiger partial charge in [-0.2, -0.15) is 0 Å². The summed E-state index contributed by atoms with van der Waals surface area (Å²) in [6.07, 6.45) is 2.47. The van der Waals surface area contributed by atoms with Crippen molar-refractivity contribution in [1.82, 2.24) is 0 Å². The number of carbonyl (C=O) groups is 5. The van der Waals surface area contributed by atoms with Crippen LogP contribution in [-0.4, -0.2) is 59.2 Å². The van der Waals surface area contributed by atoms with E-state index in [1.54, 1.807) is 34.6 Å². The number of hydrogen-bond acceptors (Lipinski definition) is 12. The minimum absolute atomic E-state index is 0.0185. The molecule has 1 unspecified atom stereocenters. The van der Waals surface area contributed by atoms with Crippen molar-refractivity contribution < 1.29 is 63.0 Å². The largest absolute Gasteiger partial charge is 0.507 e. The zero-order valence-corrected chi connectivity index (χ0v) is 31.7. The number of phenols is 2. The summed E-state index contributed by atoms with van der Waals surface area (Å²) >= 11 is 3.24. The molecule has 274 valence electrons. The Morgan fingerprint density at radius 2 is 1.17 bits per heavy atom. The maximum atomic E-state index is 13.7. The number of ether oxygens (including phenoxy) is 5. The third-order valence-electron chi connectivity index (χ3n) is 9.26. The number of esters is 3. The lowest BCUT2D eigenvalue weighted by molar-refractivity contribution is -0.137. The van der Waals surface area contributed by atoms with Gasteiger partial charge >= 0.3 is 23.9 Å². The monoisotopic (exact) mass is 780 g/mol. The van der Waals surface area contributed by atoms with Gasteiger partial charge in [0.05, 0.1) is 14.2 Å². The number of allylic oxidation sites excluding steroid dienone is 2. The van der Waals surface area contributed by atoms with Crippen LogP contribution in [0.2, 0.25) is 0 Å². The molecule has 1 aliphatic rings. The van der Waals surface area contributed by atoms with Crippen LogP contribution in [0.3, 0.4) is 0 Å². The van der Waals surface area contributed by atoms with E-state index in [1.165, 1.54) is 53.2 Å².